The van der Waals surface area contributed by atoms with Gasteiger partial charge in [0.15, 0.2) is 0 Å². The largest absolute Gasteiger partial charge is 0.497 e. The molecule has 4 aromatic rings. The number of nitrogen functional groups attached to an aromatic ring is 1. The molecule has 15 heteroatoms. The van der Waals surface area contributed by atoms with E-state index in [1.54, 1.807) is 54.6 Å². The van der Waals surface area contributed by atoms with E-state index in [1.165, 1.54) is 4.31 Å². The van der Waals surface area contributed by atoms with E-state index < -0.39 is 28.2 Å². The number of nitrogens with zero attached hydrogens (tertiary/aromatic N) is 3. The average Bonchev–Trinajstić information content (AvgIpc) is 3.38. The minimum absolute atomic E-state index is 0.0628. The van der Waals surface area contributed by atoms with E-state index >= 15 is 0 Å². The predicted octanol–water partition coefficient (Wildman–Crippen LogP) is 4.15. The van der Waals surface area contributed by atoms with Crippen molar-refractivity contribution in [2.45, 2.75) is 36.6 Å². The van der Waals surface area contributed by atoms with Crippen LogP contribution >= 0.6 is 0 Å². The van der Waals surface area contributed by atoms with Crippen LogP contribution in [0.5, 0.6) is 5.75 Å². The second kappa shape index (κ2) is 14.0. The van der Waals surface area contributed by atoms with Gasteiger partial charge in [-0.2, -0.15) is 17.5 Å². The van der Waals surface area contributed by atoms with Gasteiger partial charge >= 0.3 is 12.1 Å². The highest BCUT2D eigenvalue weighted by molar-refractivity contribution is 7.89. The Bertz CT molecular complexity index is 1850. The topological polar surface area (TPSA) is 167 Å². The number of nitrogens with one attached hydrogen (secondary N) is 1. The number of aromatic nitrogens is 1. The van der Waals surface area contributed by atoms with Crippen LogP contribution in [0.2, 0.25) is 0 Å². The molecule has 0 radical (unpaired) electrons. The number of methoxy groups -OCH3 is 1. The van der Waals surface area contributed by atoms with Crippen LogP contribution in [0.4, 0.5) is 13.2 Å². The summed E-state index contributed by atoms with van der Waals surface area (Å²) in [5.74, 6) is -2.55. The first-order valence-electron chi connectivity index (χ1n) is 13.7. The maximum absolute atomic E-state index is 14.1. The van der Waals surface area contributed by atoms with E-state index in [-0.39, 0.29) is 29.7 Å². The summed E-state index contributed by atoms with van der Waals surface area (Å²) in [6.07, 6.45) is -3.18. The highest BCUT2D eigenvalue weighted by atomic mass is 32.2. The first kappa shape index (κ1) is 33.9. The number of halogens is 3. The molecule has 0 unspecified atom stereocenters. The third-order valence-electron chi connectivity index (χ3n) is 7.14. The van der Waals surface area contributed by atoms with Crippen molar-refractivity contribution in [2.24, 2.45) is 5.73 Å². The normalized spacial score (nSPS) is 15.0. The lowest BCUT2D eigenvalue weighted by atomic mass is 10.1. The molecule has 1 aliphatic rings. The van der Waals surface area contributed by atoms with Gasteiger partial charge < -0.3 is 20.5 Å². The maximum atomic E-state index is 14.1. The maximum Gasteiger partial charge on any atom is 0.490 e. The number of amides is 1. The zero-order valence-corrected chi connectivity index (χ0v) is 25.3. The molecule has 1 aliphatic heterocycles. The molecule has 1 saturated heterocycles. The van der Waals surface area contributed by atoms with Crippen LogP contribution in [0.1, 0.15) is 23.2 Å². The van der Waals surface area contributed by atoms with Gasteiger partial charge in [-0.25, -0.2) is 13.2 Å². The summed E-state index contributed by atoms with van der Waals surface area (Å²) in [6.45, 7) is 0.734. The molecule has 11 nitrogen and oxygen atoms in total. The molecule has 3 aromatic carbocycles. The third-order valence-corrected chi connectivity index (χ3v) is 8.99. The second-order valence-corrected chi connectivity index (χ2v) is 12.1. The van der Waals surface area contributed by atoms with E-state index in [0.29, 0.717) is 24.4 Å². The van der Waals surface area contributed by atoms with Crippen molar-refractivity contribution in [3.63, 3.8) is 0 Å². The molecule has 0 bridgehead atoms. The third kappa shape index (κ3) is 7.97. The molecular weight excluding hydrogens is 627 g/mol. The Kier molecular flexibility index (Phi) is 10.3. The number of hydrogen-bond acceptors (Lipinski definition) is 7. The lowest BCUT2D eigenvalue weighted by molar-refractivity contribution is -0.192. The number of carboxylic acids is 1. The Morgan fingerprint density at radius 3 is 2.37 bits per heavy atom. The van der Waals surface area contributed by atoms with E-state index in [4.69, 9.17) is 25.8 Å². The number of fused-ring (bicyclic) bond motifs is 1. The quantitative estimate of drug-likeness (QED) is 0.178. The Morgan fingerprint density at radius 1 is 1.07 bits per heavy atom. The number of carbonyl (C=O) groups is 2. The Hall–Kier alpha value is -5.02. The fraction of sp³-hybridized carbons (Fsp3) is 0.226. The highest BCUT2D eigenvalue weighted by Gasteiger charge is 2.42. The number of likely N-dealkylation sites (tertiary alicyclic amines) is 1. The monoisotopic (exact) mass is 657 g/mol. The van der Waals surface area contributed by atoms with Gasteiger partial charge in [0.1, 0.15) is 23.3 Å². The Morgan fingerprint density at radius 2 is 1.74 bits per heavy atom. The smallest absolute Gasteiger partial charge is 0.490 e. The zero-order chi connectivity index (χ0) is 33.6. The molecule has 1 fully saturated rings. The second-order valence-electron chi connectivity index (χ2n) is 10.2. The van der Waals surface area contributed by atoms with Crippen molar-refractivity contribution in [1.82, 2.24) is 14.2 Å². The molecule has 1 aromatic heterocycles. The minimum Gasteiger partial charge on any atom is -0.497 e. The summed E-state index contributed by atoms with van der Waals surface area (Å²) in [7, 11) is -2.49. The van der Waals surface area contributed by atoms with Gasteiger partial charge in [-0.1, -0.05) is 42.5 Å². The summed E-state index contributed by atoms with van der Waals surface area (Å²) >= 11 is 0. The lowest BCUT2D eigenvalue weighted by Crippen LogP contribution is -2.44. The fourth-order valence-corrected chi connectivity index (χ4v) is 6.48. The minimum atomic E-state index is -5.08. The molecule has 0 aliphatic carbocycles. The number of carboxylic acid groups (broad SMARTS) is 1. The number of sulfonamides is 1. The van der Waals surface area contributed by atoms with Crippen LogP contribution < -0.4 is 10.5 Å². The number of hydrogen-bond donors (Lipinski definition) is 3. The number of rotatable bonds is 9. The Labute approximate surface area is 262 Å². The number of benzene rings is 3. The zero-order valence-electron chi connectivity index (χ0n) is 24.4. The summed E-state index contributed by atoms with van der Waals surface area (Å²) in [6, 6.07) is 22.3. The van der Waals surface area contributed by atoms with Gasteiger partial charge in [-0.3, -0.25) is 15.2 Å². The van der Waals surface area contributed by atoms with Gasteiger partial charge in [0.2, 0.25) is 15.9 Å². The Balaban J connectivity index is 0.000000617. The van der Waals surface area contributed by atoms with Gasteiger partial charge in [0.25, 0.3) is 0 Å². The predicted molar refractivity (Wildman–Crippen MR) is 162 cm³/mol. The molecule has 1 amide bonds. The van der Waals surface area contributed by atoms with Crippen LogP contribution in [-0.4, -0.2) is 71.3 Å². The van der Waals surface area contributed by atoms with E-state index in [2.05, 4.69) is 4.98 Å². The molecule has 4 N–H and O–H groups in total. The van der Waals surface area contributed by atoms with Crippen molar-refractivity contribution in [1.29, 1.82) is 5.41 Å². The van der Waals surface area contributed by atoms with Crippen LogP contribution in [0.25, 0.3) is 10.8 Å². The number of aliphatic carboxylic acids is 1. The van der Waals surface area contributed by atoms with Crippen LogP contribution in [-0.2, 0) is 32.7 Å². The SMILES string of the molecule is COc1ccc2ccc(S(=O)(=O)N(Cc3ccccc3)[C@H]3CCN(Cc4ccnc(C(=N)N)c4)C3=O)cc2c1.O=C(O)C(F)(F)F. The molecule has 1 atom stereocenters. The summed E-state index contributed by atoms with van der Waals surface area (Å²) < 4.78 is 66.6. The molecule has 0 saturated carbocycles. The molecular formula is C31H30F3N5O6S. The number of nitrogens with two attached hydrogens (primary N) is 1. The lowest BCUT2D eigenvalue weighted by Gasteiger charge is -2.28. The first-order valence-corrected chi connectivity index (χ1v) is 15.2. The van der Waals surface area contributed by atoms with Crippen molar-refractivity contribution in [3.8, 4) is 5.75 Å². The van der Waals surface area contributed by atoms with E-state index in [1.807, 2.05) is 42.5 Å². The van der Waals surface area contributed by atoms with Crippen molar-refractivity contribution >= 4 is 38.5 Å². The summed E-state index contributed by atoms with van der Waals surface area (Å²) in [4.78, 5) is 28.4. The van der Waals surface area contributed by atoms with Crippen LogP contribution in [0.15, 0.2) is 90.0 Å². The van der Waals surface area contributed by atoms with Gasteiger partial charge in [-0.05, 0) is 64.7 Å². The fourth-order valence-electron chi connectivity index (χ4n) is 4.84. The highest BCUT2D eigenvalue weighted by Crippen LogP contribution is 2.30. The molecule has 0 spiro atoms. The number of carbonyl (C=O) groups excluding carboxylic acids is 1. The van der Waals surface area contributed by atoms with E-state index in [9.17, 15) is 26.4 Å². The van der Waals surface area contributed by atoms with E-state index in [0.717, 1.165) is 21.9 Å². The number of alkyl halides is 3. The summed E-state index contributed by atoms with van der Waals surface area (Å²) in [5.41, 5.74) is 7.45. The van der Waals surface area contributed by atoms with Crippen molar-refractivity contribution in [3.05, 3.63) is 102 Å². The number of amidine groups is 1. The number of ether oxygens (including phenoxy) is 1. The van der Waals surface area contributed by atoms with Crippen LogP contribution in [0.3, 0.4) is 0 Å². The van der Waals surface area contributed by atoms with Crippen molar-refractivity contribution in [2.75, 3.05) is 13.7 Å². The molecule has 2 heterocycles. The standard InChI is InChI=1S/C29H29N5O4S.C2HF3O2/c1-38-24-9-7-22-8-10-25(17-23(22)16-24)39(36,37)34(19-20-5-3-2-4-6-20)27-12-14-33(29(27)35)18-21-11-13-32-26(15-21)28(30)31;3-2(4,5)1(6)7/h2-11,13,15-17,27H,12,14,18-19H2,1H3,(H3,30,31);(H,6,7)/t27-;/m0./s1. The van der Waals surface area contributed by atoms with Gasteiger partial charge in [0.05, 0.1) is 12.0 Å². The van der Waals surface area contributed by atoms with Gasteiger partial charge in [-0.15, -0.1) is 0 Å². The average molecular weight is 658 g/mol. The number of pyridine rings is 1. The molecule has 5 rings (SSSR count). The molecule has 242 valence electrons. The van der Waals surface area contributed by atoms with Crippen molar-refractivity contribution < 1.29 is 41.0 Å². The first-order chi connectivity index (χ1) is 21.7. The van der Waals surface area contributed by atoms with Gasteiger partial charge in [0, 0.05) is 25.8 Å². The summed E-state index contributed by atoms with van der Waals surface area (Å²) in [5, 5.41) is 16.4. The molecule has 46 heavy (non-hydrogen) atoms. The van der Waals surface area contributed by atoms with Crippen LogP contribution in [0, 0.1) is 5.41 Å².